The molecule has 1 atom stereocenters. The molecule has 1 aliphatic heterocycles. The molecule has 0 radical (unpaired) electrons. The Bertz CT molecular complexity index is 522. The summed E-state index contributed by atoms with van der Waals surface area (Å²) in [6, 6.07) is 7.37. The second-order valence-corrected chi connectivity index (χ2v) is 6.21. The van der Waals surface area contributed by atoms with E-state index >= 15 is 0 Å². The maximum absolute atomic E-state index is 12.8. The van der Waals surface area contributed by atoms with Crippen LogP contribution in [-0.4, -0.2) is 42.9 Å². The largest absolute Gasteiger partial charge is 0.393 e. The molecule has 3 nitrogen and oxygen atoms in total. The van der Waals surface area contributed by atoms with Crippen molar-refractivity contribution >= 4 is 23.4 Å². The van der Waals surface area contributed by atoms with Crippen LogP contribution >= 0.6 is 11.8 Å². The first-order chi connectivity index (χ1) is 10.4. The third kappa shape index (κ3) is 4.64. The minimum Gasteiger partial charge on any atom is -0.324 e. The number of piperidine rings is 1. The van der Waals surface area contributed by atoms with Gasteiger partial charge >= 0.3 is 6.18 Å². The van der Waals surface area contributed by atoms with Crippen LogP contribution < -0.4 is 5.32 Å². The van der Waals surface area contributed by atoms with Crippen LogP contribution in [0.1, 0.15) is 12.8 Å². The van der Waals surface area contributed by atoms with E-state index in [0.717, 1.165) is 4.90 Å². The molecule has 0 unspecified atom stereocenters. The molecule has 0 saturated carbocycles. The van der Waals surface area contributed by atoms with E-state index in [0.29, 0.717) is 18.7 Å². The number of amides is 1. The highest BCUT2D eigenvalue weighted by Crippen LogP contribution is 2.33. The molecule has 122 valence electrons. The highest BCUT2D eigenvalue weighted by atomic mass is 32.2. The summed E-state index contributed by atoms with van der Waals surface area (Å²) < 4.78 is 38.3. The summed E-state index contributed by atoms with van der Waals surface area (Å²) in [6.07, 6.45) is -1.65. The number of rotatable bonds is 4. The number of nitrogens with one attached hydrogen (secondary N) is 1. The quantitative estimate of drug-likeness (QED) is 0.855. The van der Waals surface area contributed by atoms with Crippen molar-refractivity contribution in [3.8, 4) is 0 Å². The summed E-state index contributed by atoms with van der Waals surface area (Å²) in [4.78, 5) is 14.6. The SMILES string of the molecule is CSc1ccccc1NC(=O)CN1CCC[C@@H](C(F)(F)F)C1. The lowest BCUT2D eigenvalue weighted by atomic mass is 9.97. The van der Waals surface area contributed by atoms with Crippen molar-refractivity contribution in [2.24, 2.45) is 5.92 Å². The number of alkyl halides is 3. The van der Waals surface area contributed by atoms with E-state index in [9.17, 15) is 18.0 Å². The molecule has 1 aromatic carbocycles. The van der Waals surface area contributed by atoms with E-state index in [4.69, 9.17) is 0 Å². The first-order valence-electron chi connectivity index (χ1n) is 7.12. The van der Waals surface area contributed by atoms with Gasteiger partial charge in [0.15, 0.2) is 0 Å². The lowest BCUT2D eigenvalue weighted by Crippen LogP contribution is -2.44. The predicted molar refractivity (Wildman–Crippen MR) is 82.1 cm³/mol. The topological polar surface area (TPSA) is 32.3 Å². The molecular formula is C15H19F3N2OS. The maximum atomic E-state index is 12.8. The Morgan fingerprint density at radius 2 is 2.14 bits per heavy atom. The molecule has 0 aromatic heterocycles. The number of thioether (sulfide) groups is 1. The Labute approximate surface area is 132 Å². The lowest BCUT2D eigenvalue weighted by Gasteiger charge is -2.33. The van der Waals surface area contributed by atoms with Gasteiger partial charge in [0.25, 0.3) is 0 Å². The first-order valence-corrected chi connectivity index (χ1v) is 8.34. The van der Waals surface area contributed by atoms with E-state index < -0.39 is 12.1 Å². The van der Waals surface area contributed by atoms with E-state index in [1.165, 1.54) is 11.8 Å². The number of carbonyl (C=O) groups is 1. The van der Waals surface area contributed by atoms with Crippen LogP contribution in [0.25, 0.3) is 0 Å². The van der Waals surface area contributed by atoms with Crippen molar-refractivity contribution in [1.29, 1.82) is 0 Å². The third-order valence-electron chi connectivity index (χ3n) is 3.72. The van der Waals surface area contributed by atoms with Crippen molar-refractivity contribution in [1.82, 2.24) is 4.90 Å². The fraction of sp³-hybridized carbons (Fsp3) is 0.533. The molecule has 1 amide bonds. The zero-order valence-electron chi connectivity index (χ0n) is 12.3. The number of carbonyl (C=O) groups excluding carboxylic acids is 1. The number of nitrogens with zero attached hydrogens (tertiary/aromatic N) is 1. The summed E-state index contributed by atoms with van der Waals surface area (Å²) >= 11 is 1.51. The van der Waals surface area contributed by atoms with E-state index in [-0.39, 0.29) is 25.4 Å². The van der Waals surface area contributed by atoms with Crippen molar-refractivity contribution in [3.05, 3.63) is 24.3 Å². The van der Waals surface area contributed by atoms with E-state index in [1.54, 1.807) is 11.0 Å². The van der Waals surface area contributed by atoms with Gasteiger partial charge in [-0.05, 0) is 37.8 Å². The Morgan fingerprint density at radius 3 is 2.82 bits per heavy atom. The second-order valence-electron chi connectivity index (χ2n) is 5.36. The number of halogens is 3. The maximum Gasteiger partial charge on any atom is 0.393 e. The molecule has 1 fully saturated rings. The molecule has 0 spiro atoms. The van der Waals surface area contributed by atoms with Crippen molar-refractivity contribution in [3.63, 3.8) is 0 Å². The minimum atomic E-state index is -4.18. The predicted octanol–water partition coefficient (Wildman–Crippen LogP) is 3.62. The van der Waals surface area contributed by atoms with Crippen LogP contribution in [0.3, 0.4) is 0 Å². The zero-order chi connectivity index (χ0) is 16.2. The molecule has 0 bridgehead atoms. The highest BCUT2D eigenvalue weighted by molar-refractivity contribution is 7.98. The van der Waals surface area contributed by atoms with Crippen molar-refractivity contribution in [2.75, 3.05) is 31.2 Å². The molecule has 0 aliphatic carbocycles. The van der Waals surface area contributed by atoms with Gasteiger partial charge in [-0.1, -0.05) is 12.1 Å². The van der Waals surface area contributed by atoms with E-state index in [1.807, 2.05) is 24.5 Å². The van der Waals surface area contributed by atoms with Gasteiger partial charge in [0.1, 0.15) is 0 Å². The van der Waals surface area contributed by atoms with Crippen LogP contribution in [0.4, 0.5) is 18.9 Å². The fourth-order valence-electron chi connectivity index (χ4n) is 2.61. The molecule has 1 heterocycles. The van der Waals surface area contributed by atoms with Crippen LogP contribution in [-0.2, 0) is 4.79 Å². The van der Waals surface area contributed by atoms with Gasteiger partial charge in [0.2, 0.25) is 5.91 Å². The number of para-hydroxylation sites is 1. The normalized spacial score (nSPS) is 19.9. The number of benzene rings is 1. The summed E-state index contributed by atoms with van der Waals surface area (Å²) in [5, 5.41) is 2.78. The Morgan fingerprint density at radius 1 is 1.41 bits per heavy atom. The molecule has 7 heteroatoms. The van der Waals surface area contributed by atoms with Gasteiger partial charge in [-0.2, -0.15) is 13.2 Å². The Balaban J connectivity index is 1.92. The van der Waals surface area contributed by atoms with Gasteiger partial charge in [0.05, 0.1) is 18.2 Å². The Kier molecular flexibility index (Phi) is 5.74. The average Bonchev–Trinajstić information content (AvgIpc) is 2.47. The van der Waals surface area contributed by atoms with Crippen LogP contribution in [0, 0.1) is 5.92 Å². The Hall–Kier alpha value is -1.21. The molecule has 1 aromatic rings. The van der Waals surface area contributed by atoms with Crippen LogP contribution in [0.15, 0.2) is 29.2 Å². The standard InChI is InChI=1S/C15H19F3N2OS/c1-22-13-7-3-2-6-12(13)19-14(21)10-20-8-4-5-11(9-20)15(16,17)18/h2-3,6-7,11H,4-5,8-10H2,1H3,(H,19,21)/t11-/m1/s1. The molecule has 22 heavy (non-hydrogen) atoms. The average molecular weight is 332 g/mol. The first kappa shape index (κ1) is 17.1. The highest BCUT2D eigenvalue weighted by Gasteiger charge is 2.41. The summed E-state index contributed by atoms with van der Waals surface area (Å²) in [5.74, 6) is -1.60. The molecular weight excluding hydrogens is 313 g/mol. The van der Waals surface area contributed by atoms with Crippen molar-refractivity contribution < 1.29 is 18.0 Å². The minimum absolute atomic E-state index is 0.00467. The van der Waals surface area contributed by atoms with Gasteiger partial charge in [-0.3, -0.25) is 9.69 Å². The molecule has 2 rings (SSSR count). The third-order valence-corrected chi connectivity index (χ3v) is 4.51. The summed E-state index contributed by atoms with van der Waals surface area (Å²) in [5.41, 5.74) is 0.699. The monoisotopic (exact) mass is 332 g/mol. The molecule has 1 aliphatic rings. The van der Waals surface area contributed by atoms with Gasteiger partial charge in [-0.25, -0.2) is 0 Å². The number of anilines is 1. The fourth-order valence-corrected chi connectivity index (χ4v) is 3.16. The lowest BCUT2D eigenvalue weighted by molar-refractivity contribution is -0.186. The van der Waals surface area contributed by atoms with Gasteiger partial charge in [-0.15, -0.1) is 11.8 Å². The molecule has 1 N–H and O–H groups in total. The van der Waals surface area contributed by atoms with Crippen molar-refractivity contribution in [2.45, 2.75) is 23.9 Å². The van der Waals surface area contributed by atoms with Gasteiger partial charge in [0, 0.05) is 11.4 Å². The number of hydrogen-bond acceptors (Lipinski definition) is 3. The van der Waals surface area contributed by atoms with Crippen LogP contribution in [0.5, 0.6) is 0 Å². The smallest absolute Gasteiger partial charge is 0.324 e. The van der Waals surface area contributed by atoms with Gasteiger partial charge < -0.3 is 5.32 Å². The summed E-state index contributed by atoms with van der Waals surface area (Å²) in [7, 11) is 0. The zero-order valence-corrected chi connectivity index (χ0v) is 13.1. The summed E-state index contributed by atoms with van der Waals surface area (Å²) in [6.45, 7) is 0.431. The number of hydrogen-bond donors (Lipinski definition) is 1. The van der Waals surface area contributed by atoms with Crippen LogP contribution in [0.2, 0.25) is 0 Å². The number of likely N-dealkylation sites (tertiary alicyclic amines) is 1. The molecule has 1 saturated heterocycles. The van der Waals surface area contributed by atoms with E-state index in [2.05, 4.69) is 5.32 Å². The second kappa shape index (κ2) is 7.37.